The van der Waals surface area contributed by atoms with E-state index in [-0.39, 0.29) is 17.7 Å². The van der Waals surface area contributed by atoms with Gasteiger partial charge in [-0.15, -0.1) is 0 Å². The van der Waals surface area contributed by atoms with Gasteiger partial charge in [0.1, 0.15) is 5.82 Å². The maximum Gasteiger partial charge on any atom is 0.225 e. The fourth-order valence-corrected chi connectivity index (χ4v) is 3.88. The summed E-state index contributed by atoms with van der Waals surface area (Å²) in [6.45, 7) is 1.28. The lowest BCUT2D eigenvalue weighted by molar-refractivity contribution is -0.139. The normalized spacial score (nSPS) is 17.0. The molecule has 0 radical (unpaired) electrons. The third kappa shape index (κ3) is 4.27. The number of likely N-dealkylation sites (tertiary alicyclic amines) is 1. The number of amides is 2. The van der Waals surface area contributed by atoms with Gasteiger partial charge in [-0.2, -0.15) is 0 Å². The number of fused-ring (bicyclic) bond motifs is 1. The van der Waals surface area contributed by atoms with E-state index in [0.29, 0.717) is 37.5 Å². The number of para-hydroxylation sites is 2. The van der Waals surface area contributed by atoms with Gasteiger partial charge in [0.05, 0.1) is 23.5 Å². The summed E-state index contributed by atoms with van der Waals surface area (Å²) in [5, 5.41) is 3.66. The Morgan fingerprint density at radius 1 is 1.21 bits per heavy atom. The average Bonchev–Trinajstić information content (AvgIpc) is 3.05. The van der Waals surface area contributed by atoms with E-state index in [9.17, 15) is 9.59 Å². The van der Waals surface area contributed by atoms with Crippen molar-refractivity contribution < 1.29 is 9.59 Å². The zero-order chi connectivity index (χ0) is 20.4. The first-order valence-corrected chi connectivity index (χ1v) is 10.1. The molecule has 29 heavy (non-hydrogen) atoms. The number of benzene rings is 2. The second-order valence-corrected chi connectivity index (χ2v) is 7.87. The lowest BCUT2D eigenvalue weighted by Crippen LogP contribution is -2.45. The molecule has 1 unspecified atom stereocenters. The molecule has 0 aliphatic carbocycles. The summed E-state index contributed by atoms with van der Waals surface area (Å²) in [4.78, 5) is 31.4. The number of carbonyl (C=O) groups excluding carboxylic acids is 2. The van der Waals surface area contributed by atoms with Crippen molar-refractivity contribution in [3.8, 4) is 0 Å². The van der Waals surface area contributed by atoms with E-state index in [0.717, 1.165) is 22.4 Å². The topological polar surface area (TPSA) is 67.2 Å². The molecule has 1 aromatic heterocycles. The third-order valence-electron chi connectivity index (χ3n) is 5.46. The highest BCUT2D eigenvalue weighted by atomic mass is 35.5. The van der Waals surface area contributed by atoms with E-state index in [1.807, 2.05) is 60.1 Å². The molecule has 6 nitrogen and oxygen atoms in total. The predicted molar refractivity (Wildman–Crippen MR) is 112 cm³/mol. The standard InChI is InChI=1S/C22H23ClN4O2/c1-26-19-5-3-2-4-18(19)25-20(26)12-24-22(29)16-8-11-21(28)27(14-16)13-15-6-9-17(23)10-7-15/h2-7,9-10,16H,8,11-14H2,1H3,(H,24,29). The van der Waals surface area contributed by atoms with Crippen molar-refractivity contribution in [2.75, 3.05) is 6.54 Å². The SMILES string of the molecule is Cn1c(CNC(=O)C2CCC(=O)N(Cc3ccc(Cl)cc3)C2)nc2ccccc21. The van der Waals surface area contributed by atoms with Crippen LogP contribution in [0.1, 0.15) is 24.2 Å². The summed E-state index contributed by atoms with van der Waals surface area (Å²) >= 11 is 5.93. The van der Waals surface area contributed by atoms with Crippen molar-refractivity contribution in [1.29, 1.82) is 0 Å². The Kier molecular flexibility index (Phi) is 5.53. The van der Waals surface area contributed by atoms with Crippen molar-refractivity contribution >= 4 is 34.4 Å². The molecule has 0 saturated carbocycles. The zero-order valence-corrected chi connectivity index (χ0v) is 17.0. The number of nitrogens with zero attached hydrogens (tertiary/aromatic N) is 3. The van der Waals surface area contributed by atoms with Crippen molar-refractivity contribution in [3.05, 3.63) is 64.9 Å². The van der Waals surface area contributed by atoms with Gasteiger partial charge in [0.25, 0.3) is 0 Å². The number of hydrogen-bond acceptors (Lipinski definition) is 3. The van der Waals surface area contributed by atoms with Gasteiger partial charge in [0.15, 0.2) is 0 Å². The molecular formula is C22H23ClN4O2. The van der Waals surface area contributed by atoms with Crippen LogP contribution in [-0.4, -0.2) is 32.8 Å². The Labute approximate surface area is 174 Å². The lowest BCUT2D eigenvalue weighted by atomic mass is 9.96. The van der Waals surface area contributed by atoms with E-state index < -0.39 is 0 Å². The van der Waals surface area contributed by atoms with Crippen molar-refractivity contribution in [2.24, 2.45) is 13.0 Å². The van der Waals surface area contributed by atoms with Crippen LogP contribution < -0.4 is 5.32 Å². The molecule has 2 heterocycles. The average molecular weight is 411 g/mol. The molecule has 1 aliphatic rings. The molecule has 1 aliphatic heterocycles. The number of hydrogen-bond donors (Lipinski definition) is 1. The second-order valence-electron chi connectivity index (χ2n) is 7.43. The number of piperidine rings is 1. The van der Waals surface area contributed by atoms with Crippen molar-refractivity contribution in [1.82, 2.24) is 19.8 Å². The third-order valence-corrected chi connectivity index (χ3v) is 5.71. The second kappa shape index (κ2) is 8.25. The summed E-state index contributed by atoms with van der Waals surface area (Å²) in [6, 6.07) is 15.3. The molecular weight excluding hydrogens is 388 g/mol. The number of nitrogens with one attached hydrogen (secondary N) is 1. The minimum atomic E-state index is -0.213. The summed E-state index contributed by atoms with van der Waals surface area (Å²) in [6.07, 6.45) is 0.961. The maximum absolute atomic E-state index is 12.7. The van der Waals surface area contributed by atoms with Crippen LogP contribution in [0.3, 0.4) is 0 Å². The molecule has 2 amide bonds. The molecule has 0 spiro atoms. The minimum absolute atomic E-state index is 0.0364. The summed E-state index contributed by atoms with van der Waals surface area (Å²) in [5.74, 6) is 0.643. The Bertz CT molecular complexity index is 1040. The monoisotopic (exact) mass is 410 g/mol. The van der Waals surface area contributed by atoms with Gasteiger partial charge >= 0.3 is 0 Å². The van der Waals surface area contributed by atoms with E-state index in [4.69, 9.17) is 11.6 Å². The molecule has 1 saturated heterocycles. The van der Waals surface area contributed by atoms with E-state index >= 15 is 0 Å². The van der Waals surface area contributed by atoms with Gasteiger partial charge < -0.3 is 14.8 Å². The number of carbonyl (C=O) groups is 2. The summed E-state index contributed by atoms with van der Waals surface area (Å²) < 4.78 is 1.99. The fraction of sp³-hybridized carbons (Fsp3) is 0.318. The number of halogens is 1. The van der Waals surface area contributed by atoms with Gasteiger partial charge in [0, 0.05) is 31.6 Å². The molecule has 1 fully saturated rings. The minimum Gasteiger partial charge on any atom is -0.349 e. The van der Waals surface area contributed by atoms with Crippen LogP contribution in [0.15, 0.2) is 48.5 Å². The Morgan fingerprint density at radius 3 is 2.72 bits per heavy atom. The molecule has 1 N–H and O–H groups in total. The van der Waals surface area contributed by atoms with Crippen LogP contribution in [0.4, 0.5) is 0 Å². The van der Waals surface area contributed by atoms with Gasteiger partial charge in [-0.1, -0.05) is 35.9 Å². The molecule has 2 aromatic carbocycles. The smallest absolute Gasteiger partial charge is 0.225 e. The molecule has 7 heteroatoms. The molecule has 4 rings (SSSR count). The summed E-state index contributed by atoms with van der Waals surface area (Å²) in [5.41, 5.74) is 2.95. The Balaban J connectivity index is 1.38. The molecule has 1 atom stereocenters. The molecule has 3 aromatic rings. The van der Waals surface area contributed by atoms with E-state index in [1.165, 1.54) is 0 Å². The van der Waals surface area contributed by atoms with E-state index in [1.54, 1.807) is 4.90 Å². The first kappa shape index (κ1) is 19.5. The van der Waals surface area contributed by atoms with Crippen molar-refractivity contribution in [3.63, 3.8) is 0 Å². The van der Waals surface area contributed by atoms with Crippen LogP contribution >= 0.6 is 11.6 Å². The number of aromatic nitrogens is 2. The van der Waals surface area contributed by atoms with Gasteiger partial charge in [0.2, 0.25) is 11.8 Å². The quantitative estimate of drug-likeness (QED) is 0.701. The first-order valence-electron chi connectivity index (χ1n) is 9.71. The Morgan fingerprint density at radius 2 is 1.97 bits per heavy atom. The number of imidazole rings is 1. The van der Waals surface area contributed by atoms with Crippen LogP contribution in [0.2, 0.25) is 5.02 Å². The molecule has 150 valence electrons. The zero-order valence-electron chi connectivity index (χ0n) is 16.3. The van der Waals surface area contributed by atoms with Crippen LogP contribution in [-0.2, 0) is 29.7 Å². The van der Waals surface area contributed by atoms with Crippen LogP contribution in [0.25, 0.3) is 11.0 Å². The van der Waals surface area contributed by atoms with Crippen molar-refractivity contribution in [2.45, 2.75) is 25.9 Å². The van der Waals surface area contributed by atoms with Crippen LogP contribution in [0, 0.1) is 5.92 Å². The van der Waals surface area contributed by atoms with Gasteiger partial charge in [-0.25, -0.2) is 4.98 Å². The Hall–Kier alpha value is -2.86. The van der Waals surface area contributed by atoms with Gasteiger partial charge in [-0.05, 0) is 36.2 Å². The van der Waals surface area contributed by atoms with Gasteiger partial charge in [-0.3, -0.25) is 9.59 Å². The highest BCUT2D eigenvalue weighted by molar-refractivity contribution is 6.30. The molecule has 0 bridgehead atoms. The lowest BCUT2D eigenvalue weighted by Gasteiger charge is -2.32. The van der Waals surface area contributed by atoms with Crippen LogP contribution in [0.5, 0.6) is 0 Å². The largest absolute Gasteiger partial charge is 0.349 e. The highest BCUT2D eigenvalue weighted by Gasteiger charge is 2.30. The van der Waals surface area contributed by atoms with E-state index in [2.05, 4.69) is 10.3 Å². The highest BCUT2D eigenvalue weighted by Crippen LogP contribution is 2.21. The fourth-order valence-electron chi connectivity index (χ4n) is 3.76. The number of aryl methyl sites for hydroxylation is 1. The maximum atomic E-state index is 12.7. The predicted octanol–water partition coefficient (Wildman–Crippen LogP) is 3.28. The number of rotatable bonds is 5. The first-order chi connectivity index (χ1) is 14.0. The summed E-state index contributed by atoms with van der Waals surface area (Å²) in [7, 11) is 1.95.